The Bertz CT molecular complexity index is 3500. The van der Waals surface area contributed by atoms with E-state index in [9.17, 15) is 0 Å². The first-order valence-corrected chi connectivity index (χ1v) is 31.5. The van der Waals surface area contributed by atoms with Gasteiger partial charge in [-0.15, -0.1) is 0 Å². The molecule has 0 saturated carbocycles. The Morgan fingerprint density at radius 1 is 0.208 bits per heavy atom. The van der Waals surface area contributed by atoms with Crippen molar-refractivity contribution >= 4 is 59.6 Å². The highest BCUT2D eigenvalue weighted by molar-refractivity contribution is 7.03. The summed E-state index contributed by atoms with van der Waals surface area (Å²) in [5.41, 5.74) is 28.2. The number of fused-ring (bicyclic) bond motifs is 1. The lowest BCUT2D eigenvalue weighted by Crippen LogP contribution is -2.23. The molecule has 0 nitrogen and oxygen atoms in total. The fraction of sp³-hybridized carbons (Fsp3) is 0.0571. The summed E-state index contributed by atoms with van der Waals surface area (Å²) in [6.07, 6.45) is 0. The first-order chi connectivity index (χ1) is 35.2. The zero-order valence-corrected chi connectivity index (χ0v) is 43.4. The van der Waals surface area contributed by atoms with Crippen LogP contribution in [0.3, 0.4) is 0 Å². The molecule has 0 bridgehead atoms. The minimum absolute atomic E-state index is 1.20. The van der Waals surface area contributed by atoms with Gasteiger partial charge in [-0.3, -0.25) is 0 Å². The number of benzene rings is 10. The van der Waals surface area contributed by atoms with Gasteiger partial charge in [0.25, 0.3) is 0 Å². The highest BCUT2D eigenvalue weighted by Gasteiger charge is 2.38. The van der Waals surface area contributed by atoms with Gasteiger partial charge in [-0.05, 0) is 121 Å². The summed E-state index contributed by atoms with van der Waals surface area (Å²) >= 11 is 0. The van der Waals surface area contributed by atoms with Gasteiger partial charge in [0.15, 0.2) is 0 Å². The molecule has 2 heteroatoms. The predicted octanol–water partition coefficient (Wildman–Crippen LogP) is 19.1. The molecule has 2 aliphatic heterocycles. The molecular formula is C70H56Si2. The van der Waals surface area contributed by atoms with Gasteiger partial charge in [0, 0.05) is 0 Å². The maximum Gasteiger partial charge on any atom is 0.106 e. The Morgan fingerprint density at radius 2 is 0.444 bits per heavy atom. The average molecular weight is 953 g/mol. The number of rotatable bonds is 10. The zero-order chi connectivity index (χ0) is 48.8. The van der Waals surface area contributed by atoms with E-state index in [0.717, 1.165) is 0 Å². The summed E-state index contributed by atoms with van der Waals surface area (Å²) in [6.45, 7) is 10.0. The summed E-state index contributed by atoms with van der Waals surface area (Å²) in [5, 5.41) is 5.45. The summed E-state index contributed by atoms with van der Waals surface area (Å²) in [6, 6.07) is 94.5. The third kappa shape index (κ3) is 8.03. The van der Waals surface area contributed by atoms with Crippen LogP contribution in [0.1, 0.15) is 33.4 Å². The standard InChI is InChI=1S/C70H56Si2/c1-71(2)47-61(49-25-11-5-12-26-49)65(51-29-15-7-16-30-51)69(71)57-43-39-55(40-44-57)63-59-37-23-24-38-60(59)64(68(54-35-21-10-22-36-54)67(63)53-33-19-9-20-34-53)56-41-45-58(46-42-56)70-66(52-31-17-8-18-32-52)62(48-72(70,3)4)50-27-13-6-14-28-50/h5-48H,1-4H3. The smallest absolute Gasteiger partial charge is 0.0818 e. The van der Waals surface area contributed by atoms with Crippen LogP contribution in [0.5, 0.6) is 0 Å². The van der Waals surface area contributed by atoms with Gasteiger partial charge in [-0.2, -0.15) is 0 Å². The molecule has 0 unspecified atom stereocenters. The van der Waals surface area contributed by atoms with E-state index in [1.165, 1.54) is 121 Å². The molecule has 0 saturated heterocycles. The molecule has 10 aromatic carbocycles. The number of hydrogen-bond donors (Lipinski definition) is 0. The minimum Gasteiger partial charge on any atom is -0.0818 e. The molecular weight excluding hydrogens is 897 g/mol. The summed E-state index contributed by atoms with van der Waals surface area (Å²) in [5.74, 6) is 0. The fourth-order valence-corrected chi connectivity index (χ4v) is 17.9. The highest BCUT2D eigenvalue weighted by Crippen LogP contribution is 2.54. The highest BCUT2D eigenvalue weighted by atomic mass is 28.3. The van der Waals surface area contributed by atoms with Gasteiger partial charge >= 0.3 is 0 Å². The predicted molar refractivity (Wildman–Crippen MR) is 316 cm³/mol. The molecule has 2 aliphatic rings. The van der Waals surface area contributed by atoms with Crippen molar-refractivity contribution in [2.24, 2.45) is 0 Å². The second-order valence-corrected chi connectivity index (χ2v) is 28.9. The third-order valence-electron chi connectivity index (χ3n) is 14.9. The molecule has 12 rings (SSSR count). The van der Waals surface area contributed by atoms with Crippen LogP contribution < -0.4 is 0 Å². The molecule has 0 spiro atoms. The van der Waals surface area contributed by atoms with E-state index in [0.29, 0.717) is 0 Å². The minimum atomic E-state index is -2.05. The fourth-order valence-electron chi connectivity index (χ4n) is 11.9. The molecule has 10 aromatic rings. The van der Waals surface area contributed by atoms with Crippen LogP contribution in [-0.4, -0.2) is 16.1 Å². The Hall–Kier alpha value is -8.15. The molecule has 0 fully saturated rings. The second kappa shape index (κ2) is 18.6. The molecule has 0 atom stereocenters. The first-order valence-electron chi connectivity index (χ1n) is 25.3. The second-order valence-electron chi connectivity index (χ2n) is 20.5. The summed E-state index contributed by atoms with van der Waals surface area (Å²) < 4.78 is 0. The van der Waals surface area contributed by atoms with Crippen LogP contribution >= 0.6 is 0 Å². The Kier molecular flexibility index (Phi) is 11.6. The lowest BCUT2D eigenvalue weighted by molar-refractivity contribution is 1.55. The van der Waals surface area contributed by atoms with E-state index in [1.54, 1.807) is 0 Å². The van der Waals surface area contributed by atoms with Crippen molar-refractivity contribution in [2.45, 2.75) is 26.2 Å². The molecule has 344 valence electrons. The molecule has 2 heterocycles. The van der Waals surface area contributed by atoms with E-state index in [4.69, 9.17) is 0 Å². The lowest BCUT2D eigenvalue weighted by atomic mass is 9.78. The molecule has 0 aliphatic carbocycles. The van der Waals surface area contributed by atoms with Gasteiger partial charge in [0.2, 0.25) is 0 Å². The van der Waals surface area contributed by atoms with Crippen LogP contribution in [0.2, 0.25) is 26.2 Å². The van der Waals surface area contributed by atoms with E-state index in [1.807, 2.05) is 0 Å². The van der Waals surface area contributed by atoms with E-state index >= 15 is 0 Å². The van der Waals surface area contributed by atoms with Crippen molar-refractivity contribution in [1.29, 1.82) is 0 Å². The quantitative estimate of drug-likeness (QED) is 0.120. The van der Waals surface area contributed by atoms with E-state index < -0.39 is 16.1 Å². The average Bonchev–Trinajstić information content (AvgIpc) is 3.90. The SMILES string of the molecule is C[Si]1(C)C=C(c2ccccc2)C(c2ccccc2)=C1c1ccc(-c2c(-c3ccccc3)c(-c3ccccc3)c(-c3ccc(C4=C(c5ccccc5)C(c5ccccc5)=C[Si]4(C)C)cc3)c3ccccc23)cc1. The maximum atomic E-state index is 2.61. The van der Waals surface area contributed by atoms with E-state index in [2.05, 4.69) is 292 Å². The molecule has 0 aromatic heterocycles. The van der Waals surface area contributed by atoms with Gasteiger partial charge in [0.05, 0.1) is 0 Å². The van der Waals surface area contributed by atoms with Crippen LogP contribution in [0.4, 0.5) is 0 Å². The van der Waals surface area contributed by atoms with Crippen LogP contribution in [0.25, 0.3) is 88.0 Å². The van der Waals surface area contributed by atoms with Crippen molar-refractivity contribution in [3.63, 3.8) is 0 Å². The summed E-state index contributed by atoms with van der Waals surface area (Å²) in [7, 11) is -4.10. The van der Waals surface area contributed by atoms with Crippen molar-refractivity contribution in [1.82, 2.24) is 0 Å². The van der Waals surface area contributed by atoms with Crippen LogP contribution in [0, 0.1) is 0 Å². The van der Waals surface area contributed by atoms with Crippen LogP contribution in [0.15, 0.2) is 266 Å². The van der Waals surface area contributed by atoms with E-state index in [-0.39, 0.29) is 0 Å². The van der Waals surface area contributed by atoms with Gasteiger partial charge in [0.1, 0.15) is 16.1 Å². The largest absolute Gasteiger partial charge is 0.106 e. The monoisotopic (exact) mass is 952 g/mol. The van der Waals surface area contributed by atoms with Gasteiger partial charge in [-0.25, -0.2) is 0 Å². The number of allylic oxidation sites excluding steroid dienone is 4. The zero-order valence-electron chi connectivity index (χ0n) is 41.4. The van der Waals surface area contributed by atoms with Gasteiger partial charge in [-0.1, -0.05) is 292 Å². The van der Waals surface area contributed by atoms with Crippen molar-refractivity contribution in [2.75, 3.05) is 0 Å². The number of hydrogen-bond acceptors (Lipinski definition) is 0. The van der Waals surface area contributed by atoms with Gasteiger partial charge < -0.3 is 0 Å². The topological polar surface area (TPSA) is 0 Å². The van der Waals surface area contributed by atoms with Crippen LogP contribution in [-0.2, 0) is 0 Å². The van der Waals surface area contributed by atoms with Crippen molar-refractivity contribution < 1.29 is 0 Å². The lowest BCUT2D eigenvalue weighted by Gasteiger charge is -2.25. The Labute approximate surface area is 427 Å². The van der Waals surface area contributed by atoms with Crippen molar-refractivity contribution in [3.8, 4) is 44.5 Å². The van der Waals surface area contributed by atoms with Crippen molar-refractivity contribution in [3.05, 3.63) is 300 Å². The normalized spacial score (nSPS) is 14.9. The first kappa shape index (κ1) is 45.0. The molecule has 72 heavy (non-hydrogen) atoms. The third-order valence-corrected chi connectivity index (χ3v) is 20.6. The Morgan fingerprint density at radius 3 is 0.750 bits per heavy atom. The molecule has 0 N–H and O–H groups in total. The maximum absolute atomic E-state index is 2.61. The Balaban J connectivity index is 1.07. The molecule has 0 amide bonds. The molecule has 0 radical (unpaired) electrons. The summed E-state index contributed by atoms with van der Waals surface area (Å²) in [4.78, 5) is 0.